The van der Waals surface area contributed by atoms with Gasteiger partial charge in [0.2, 0.25) is 11.8 Å². The van der Waals surface area contributed by atoms with Crippen LogP contribution in [0.3, 0.4) is 0 Å². The Morgan fingerprint density at radius 3 is 2.62 bits per heavy atom. The number of amides is 2. The van der Waals surface area contributed by atoms with Crippen LogP contribution >= 0.6 is 0 Å². The van der Waals surface area contributed by atoms with Gasteiger partial charge in [0.25, 0.3) is 0 Å². The largest absolute Gasteiger partial charge is 0.347 e. The average Bonchev–Trinajstić information content (AvgIpc) is 2.84. The number of aromatic nitrogens is 2. The third-order valence-corrected chi connectivity index (χ3v) is 3.18. The van der Waals surface area contributed by atoms with Crippen molar-refractivity contribution in [3.63, 3.8) is 0 Å². The minimum atomic E-state index is -0.535. The number of para-hydroxylation sites is 2. The van der Waals surface area contributed by atoms with Crippen molar-refractivity contribution in [2.75, 3.05) is 0 Å². The van der Waals surface area contributed by atoms with Crippen LogP contribution < -0.4 is 10.6 Å². The van der Waals surface area contributed by atoms with E-state index in [0.717, 1.165) is 11.0 Å². The maximum atomic E-state index is 12.1. The standard InChI is InChI=1S/C15H20N4O2/c1-9(2)14(17-10(3)20)15(21)16-8-13-18-11-6-4-5-7-12(11)19-13/h4-7,9,14H,8H2,1-3H3,(H,16,21)(H,17,20)(H,18,19)/t14-/m0/s1. The molecule has 21 heavy (non-hydrogen) atoms. The lowest BCUT2D eigenvalue weighted by Gasteiger charge is -2.20. The number of aromatic amines is 1. The quantitative estimate of drug-likeness (QED) is 0.776. The van der Waals surface area contributed by atoms with Gasteiger partial charge >= 0.3 is 0 Å². The van der Waals surface area contributed by atoms with E-state index in [9.17, 15) is 9.59 Å². The molecule has 0 aliphatic carbocycles. The van der Waals surface area contributed by atoms with Gasteiger partial charge in [0.05, 0.1) is 17.6 Å². The van der Waals surface area contributed by atoms with E-state index in [0.29, 0.717) is 12.4 Å². The van der Waals surface area contributed by atoms with E-state index < -0.39 is 6.04 Å². The molecule has 6 nitrogen and oxygen atoms in total. The second-order valence-corrected chi connectivity index (χ2v) is 5.34. The number of hydrogen-bond donors (Lipinski definition) is 3. The molecule has 0 unspecified atom stereocenters. The minimum absolute atomic E-state index is 0.0181. The van der Waals surface area contributed by atoms with Crippen LogP contribution in [0.1, 0.15) is 26.6 Å². The highest BCUT2D eigenvalue weighted by Crippen LogP contribution is 2.10. The predicted octanol–water partition coefficient (Wildman–Crippen LogP) is 1.34. The molecule has 0 saturated heterocycles. The van der Waals surface area contributed by atoms with Gasteiger partial charge in [0, 0.05) is 6.92 Å². The highest BCUT2D eigenvalue weighted by molar-refractivity contribution is 5.87. The molecule has 2 aromatic rings. The summed E-state index contributed by atoms with van der Waals surface area (Å²) in [5.41, 5.74) is 1.80. The molecule has 0 aliphatic heterocycles. The molecule has 3 N–H and O–H groups in total. The van der Waals surface area contributed by atoms with Crippen LogP contribution in [-0.4, -0.2) is 27.8 Å². The van der Waals surface area contributed by atoms with Gasteiger partial charge in [-0.1, -0.05) is 26.0 Å². The number of carbonyl (C=O) groups excluding carboxylic acids is 2. The zero-order valence-electron chi connectivity index (χ0n) is 12.4. The molecular formula is C15H20N4O2. The summed E-state index contributed by atoms with van der Waals surface area (Å²) in [5.74, 6) is 0.285. The highest BCUT2D eigenvalue weighted by atomic mass is 16.2. The van der Waals surface area contributed by atoms with Gasteiger partial charge in [0.1, 0.15) is 11.9 Å². The summed E-state index contributed by atoms with van der Waals surface area (Å²) < 4.78 is 0. The van der Waals surface area contributed by atoms with Crippen molar-refractivity contribution < 1.29 is 9.59 Å². The second kappa shape index (κ2) is 6.39. The van der Waals surface area contributed by atoms with Crippen molar-refractivity contribution in [1.82, 2.24) is 20.6 Å². The SMILES string of the molecule is CC(=O)N[C@H](C(=O)NCc1nc2ccccc2[nH]1)C(C)C. The number of imidazole rings is 1. The van der Waals surface area contributed by atoms with Crippen LogP contribution in [0.25, 0.3) is 11.0 Å². The molecule has 0 bridgehead atoms. The fourth-order valence-corrected chi connectivity index (χ4v) is 2.12. The maximum absolute atomic E-state index is 12.1. The first kappa shape index (κ1) is 15.0. The molecule has 6 heteroatoms. The molecule has 1 aromatic heterocycles. The zero-order chi connectivity index (χ0) is 15.4. The van der Waals surface area contributed by atoms with Crippen molar-refractivity contribution in [3.05, 3.63) is 30.1 Å². The van der Waals surface area contributed by atoms with Crippen molar-refractivity contribution in [2.45, 2.75) is 33.4 Å². The highest BCUT2D eigenvalue weighted by Gasteiger charge is 2.22. The molecule has 1 heterocycles. The second-order valence-electron chi connectivity index (χ2n) is 5.34. The van der Waals surface area contributed by atoms with Crippen molar-refractivity contribution in [3.8, 4) is 0 Å². The van der Waals surface area contributed by atoms with Crippen molar-refractivity contribution in [1.29, 1.82) is 0 Å². The molecule has 2 rings (SSSR count). The summed E-state index contributed by atoms with van der Waals surface area (Å²) in [6.45, 7) is 5.49. The van der Waals surface area contributed by atoms with Gasteiger partial charge in [-0.25, -0.2) is 4.98 Å². The van der Waals surface area contributed by atoms with E-state index in [1.165, 1.54) is 6.92 Å². The topological polar surface area (TPSA) is 86.9 Å². The first-order valence-corrected chi connectivity index (χ1v) is 6.96. The molecular weight excluding hydrogens is 268 g/mol. The molecule has 0 radical (unpaired) electrons. The summed E-state index contributed by atoms with van der Waals surface area (Å²) in [6.07, 6.45) is 0. The first-order valence-electron chi connectivity index (χ1n) is 6.96. The van der Waals surface area contributed by atoms with Crippen LogP contribution in [-0.2, 0) is 16.1 Å². The van der Waals surface area contributed by atoms with Gasteiger partial charge in [-0.2, -0.15) is 0 Å². The molecule has 0 fully saturated rings. The predicted molar refractivity (Wildman–Crippen MR) is 80.4 cm³/mol. The van der Waals surface area contributed by atoms with E-state index in [1.54, 1.807) is 0 Å². The molecule has 0 saturated carbocycles. The van der Waals surface area contributed by atoms with E-state index in [1.807, 2.05) is 38.1 Å². The average molecular weight is 288 g/mol. The lowest BCUT2D eigenvalue weighted by atomic mass is 10.0. The number of nitrogens with zero attached hydrogens (tertiary/aromatic N) is 1. The molecule has 112 valence electrons. The van der Waals surface area contributed by atoms with Crippen LogP contribution in [0.15, 0.2) is 24.3 Å². The normalized spacial score (nSPS) is 12.4. The van der Waals surface area contributed by atoms with Gasteiger partial charge in [-0.05, 0) is 18.1 Å². The Kier molecular flexibility index (Phi) is 4.57. The number of carbonyl (C=O) groups is 2. The summed E-state index contributed by atoms with van der Waals surface area (Å²) in [4.78, 5) is 30.8. The van der Waals surface area contributed by atoms with Gasteiger partial charge in [-0.3, -0.25) is 9.59 Å². The summed E-state index contributed by atoms with van der Waals surface area (Å²) in [7, 11) is 0. The maximum Gasteiger partial charge on any atom is 0.243 e. The monoisotopic (exact) mass is 288 g/mol. The van der Waals surface area contributed by atoms with Crippen LogP contribution in [0.5, 0.6) is 0 Å². The fraction of sp³-hybridized carbons (Fsp3) is 0.400. The molecule has 2 amide bonds. The smallest absolute Gasteiger partial charge is 0.243 e. The summed E-state index contributed by atoms with van der Waals surface area (Å²) in [6, 6.07) is 7.14. The van der Waals surface area contributed by atoms with Gasteiger partial charge in [-0.15, -0.1) is 0 Å². The molecule has 0 spiro atoms. The third-order valence-electron chi connectivity index (χ3n) is 3.18. The van der Waals surface area contributed by atoms with E-state index in [-0.39, 0.29) is 17.7 Å². The van der Waals surface area contributed by atoms with Crippen molar-refractivity contribution in [2.24, 2.45) is 5.92 Å². The van der Waals surface area contributed by atoms with E-state index in [4.69, 9.17) is 0 Å². The third kappa shape index (κ3) is 3.81. The minimum Gasteiger partial charge on any atom is -0.347 e. The van der Waals surface area contributed by atoms with Gasteiger partial charge in [0.15, 0.2) is 0 Å². The zero-order valence-corrected chi connectivity index (χ0v) is 12.4. The Morgan fingerprint density at radius 1 is 1.29 bits per heavy atom. The van der Waals surface area contributed by atoms with Crippen LogP contribution in [0.4, 0.5) is 0 Å². The van der Waals surface area contributed by atoms with Crippen molar-refractivity contribution >= 4 is 22.8 Å². The fourth-order valence-electron chi connectivity index (χ4n) is 2.12. The number of benzene rings is 1. The first-order chi connectivity index (χ1) is 9.97. The number of rotatable bonds is 5. The van der Waals surface area contributed by atoms with Gasteiger partial charge < -0.3 is 15.6 Å². The lowest BCUT2D eigenvalue weighted by molar-refractivity contribution is -0.129. The molecule has 0 aliphatic rings. The molecule has 1 aromatic carbocycles. The van der Waals surface area contributed by atoms with Crippen LogP contribution in [0, 0.1) is 5.92 Å². The Hall–Kier alpha value is -2.37. The number of fused-ring (bicyclic) bond motifs is 1. The van der Waals surface area contributed by atoms with E-state index >= 15 is 0 Å². The number of H-pyrrole nitrogens is 1. The summed E-state index contributed by atoms with van der Waals surface area (Å²) in [5, 5.41) is 5.46. The molecule has 1 atom stereocenters. The Morgan fingerprint density at radius 2 is 2.00 bits per heavy atom. The Labute approximate surface area is 123 Å². The van der Waals surface area contributed by atoms with Crippen LogP contribution in [0.2, 0.25) is 0 Å². The lowest BCUT2D eigenvalue weighted by Crippen LogP contribution is -2.48. The Bertz CT molecular complexity index is 615. The number of nitrogens with one attached hydrogen (secondary N) is 3. The number of hydrogen-bond acceptors (Lipinski definition) is 3. The van der Waals surface area contributed by atoms with E-state index in [2.05, 4.69) is 20.6 Å². The Balaban J connectivity index is 2.00. The summed E-state index contributed by atoms with van der Waals surface area (Å²) >= 11 is 0.